The van der Waals surface area contributed by atoms with Gasteiger partial charge in [-0.25, -0.2) is 9.89 Å². The van der Waals surface area contributed by atoms with Crippen molar-refractivity contribution in [2.24, 2.45) is 5.92 Å². The minimum Gasteiger partial charge on any atom is -0.450 e. The monoisotopic (exact) mass is 428 g/mol. The number of likely N-dealkylation sites (tertiary alicyclic amines) is 1. The van der Waals surface area contributed by atoms with Crippen molar-refractivity contribution in [3.8, 4) is 5.82 Å². The van der Waals surface area contributed by atoms with Gasteiger partial charge in [0.15, 0.2) is 6.20 Å². The maximum absolute atomic E-state index is 13.5. The maximum Gasteiger partial charge on any atom is 0.409 e. The van der Waals surface area contributed by atoms with Crippen LogP contribution in [0.5, 0.6) is 0 Å². The SMILES string of the molecule is CCOC(=O)N1CCC(N(C[C@H]2CCOC2)C(=O)c2ccc(-[n+]3ccc[nH]3)nc2)CC1. The predicted octanol–water partition coefficient (Wildman–Crippen LogP) is 1.79. The third-order valence-electron chi connectivity index (χ3n) is 5.96. The van der Waals surface area contributed by atoms with Crippen molar-refractivity contribution in [1.82, 2.24) is 19.9 Å². The molecular weight excluding hydrogens is 398 g/mol. The second kappa shape index (κ2) is 9.91. The highest BCUT2D eigenvalue weighted by Crippen LogP contribution is 2.23. The van der Waals surface area contributed by atoms with Crippen LogP contribution in [0.1, 0.15) is 36.5 Å². The zero-order valence-electron chi connectivity index (χ0n) is 17.9. The molecule has 1 N–H and O–H groups in total. The van der Waals surface area contributed by atoms with Gasteiger partial charge < -0.3 is 19.3 Å². The Bertz CT molecular complexity index is 857. The van der Waals surface area contributed by atoms with E-state index in [9.17, 15) is 9.59 Å². The average molecular weight is 429 g/mol. The third-order valence-corrected chi connectivity index (χ3v) is 5.96. The molecule has 9 nitrogen and oxygen atoms in total. The number of amides is 2. The van der Waals surface area contributed by atoms with Gasteiger partial charge in [0.05, 0.1) is 18.8 Å². The van der Waals surface area contributed by atoms with Gasteiger partial charge in [-0.05, 0) is 43.3 Å². The Labute approximate surface area is 181 Å². The molecule has 2 aromatic rings. The lowest BCUT2D eigenvalue weighted by atomic mass is 9.99. The van der Waals surface area contributed by atoms with Gasteiger partial charge in [-0.2, -0.15) is 0 Å². The lowest BCUT2D eigenvalue weighted by Crippen LogP contribution is -2.50. The summed E-state index contributed by atoms with van der Waals surface area (Å²) in [4.78, 5) is 33.7. The molecule has 2 aliphatic rings. The van der Waals surface area contributed by atoms with Crippen LogP contribution < -0.4 is 4.68 Å². The molecule has 166 valence electrons. The standard InChI is InChI=1S/C22H29N5O4/c1-2-31-22(29)25-11-6-19(7-12-25)26(15-17-8-13-30-16-17)21(28)18-4-5-20(23-14-18)27-10-3-9-24-27/h3-5,9-10,14,17,19H,2,6-8,11-13,15-16H2,1H3/p+1/t17-/m1/s1. The van der Waals surface area contributed by atoms with Crippen LogP contribution in [0.25, 0.3) is 5.82 Å². The van der Waals surface area contributed by atoms with Gasteiger partial charge in [0.1, 0.15) is 6.20 Å². The van der Waals surface area contributed by atoms with Crippen LogP contribution in [0.4, 0.5) is 4.79 Å². The molecule has 0 aromatic carbocycles. The van der Waals surface area contributed by atoms with Gasteiger partial charge >= 0.3 is 11.9 Å². The van der Waals surface area contributed by atoms with Crippen molar-refractivity contribution in [2.45, 2.75) is 32.2 Å². The highest BCUT2D eigenvalue weighted by molar-refractivity contribution is 5.94. The second-order valence-corrected chi connectivity index (χ2v) is 8.02. The first kappa shape index (κ1) is 21.3. The van der Waals surface area contributed by atoms with E-state index in [4.69, 9.17) is 9.47 Å². The molecule has 0 saturated carbocycles. The number of nitrogens with one attached hydrogen (secondary N) is 1. The zero-order valence-corrected chi connectivity index (χ0v) is 17.9. The van der Waals surface area contributed by atoms with Crippen LogP contribution in [0.3, 0.4) is 0 Å². The number of hydrogen-bond donors (Lipinski definition) is 1. The van der Waals surface area contributed by atoms with E-state index in [0.717, 1.165) is 31.7 Å². The Kier molecular flexibility index (Phi) is 6.81. The molecule has 4 rings (SSSR count). The molecule has 0 bridgehead atoms. The third kappa shape index (κ3) is 5.04. The molecule has 2 aliphatic heterocycles. The number of nitrogens with zero attached hydrogens (tertiary/aromatic N) is 4. The average Bonchev–Trinajstić information content (AvgIpc) is 3.52. The minimum absolute atomic E-state index is 0.0166. The van der Waals surface area contributed by atoms with Crippen LogP contribution in [-0.4, -0.2) is 77.4 Å². The number of piperidine rings is 1. The molecule has 2 fully saturated rings. The first-order valence-corrected chi connectivity index (χ1v) is 11.0. The van der Waals surface area contributed by atoms with Gasteiger partial charge in [-0.15, -0.1) is 4.68 Å². The van der Waals surface area contributed by atoms with E-state index in [-0.39, 0.29) is 18.0 Å². The Morgan fingerprint density at radius 1 is 1.32 bits per heavy atom. The number of carbonyl (C=O) groups is 2. The number of hydrogen-bond acceptors (Lipinski definition) is 5. The zero-order chi connectivity index (χ0) is 21.6. The Balaban J connectivity index is 1.47. The Hall–Kier alpha value is -2.94. The molecule has 4 heterocycles. The fourth-order valence-electron chi connectivity index (χ4n) is 4.24. The summed E-state index contributed by atoms with van der Waals surface area (Å²) in [6.07, 6.45) is 7.49. The topological polar surface area (TPSA) is 91.6 Å². The number of aromatic amines is 1. The summed E-state index contributed by atoms with van der Waals surface area (Å²) in [5, 5.41) is 3.05. The van der Waals surface area contributed by atoms with Gasteiger partial charge in [0, 0.05) is 50.5 Å². The van der Waals surface area contributed by atoms with Crippen LogP contribution in [0, 0.1) is 5.92 Å². The van der Waals surface area contributed by atoms with Gasteiger partial charge in [-0.3, -0.25) is 4.79 Å². The van der Waals surface area contributed by atoms with E-state index in [1.165, 1.54) is 0 Å². The minimum atomic E-state index is -0.273. The quantitative estimate of drug-likeness (QED) is 0.709. The predicted molar refractivity (Wildman–Crippen MR) is 112 cm³/mol. The molecule has 0 spiro atoms. The van der Waals surface area contributed by atoms with E-state index < -0.39 is 0 Å². The number of H-pyrrole nitrogens is 1. The van der Waals surface area contributed by atoms with Gasteiger partial charge in [-0.1, -0.05) is 0 Å². The smallest absolute Gasteiger partial charge is 0.409 e. The molecule has 2 amide bonds. The van der Waals surface area contributed by atoms with Crippen molar-refractivity contribution in [2.75, 3.05) is 39.5 Å². The summed E-state index contributed by atoms with van der Waals surface area (Å²) in [6, 6.07) is 5.62. The van der Waals surface area contributed by atoms with Crippen molar-refractivity contribution < 1.29 is 23.7 Å². The van der Waals surface area contributed by atoms with E-state index in [0.29, 0.717) is 44.3 Å². The Morgan fingerprint density at radius 3 is 2.77 bits per heavy atom. The summed E-state index contributed by atoms with van der Waals surface area (Å²) in [5.41, 5.74) is 0.572. The summed E-state index contributed by atoms with van der Waals surface area (Å²) >= 11 is 0. The number of carbonyl (C=O) groups excluding carboxylic acids is 2. The fourth-order valence-corrected chi connectivity index (χ4v) is 4.24. The fraction of sp³-hybridized carbons (Fsp3) is 0.545. The van der Waals surface area contributed by atoms with Crippen molar-refractivity contribution in [3.63, 3.8) is 0 Å². The lowest BCUT2D eigenvalue weighted by Gasteiger charge is -2.39. The summed E-state index contributed by atoms with van der Waals surface area (Å²) in [7, 11) is 0. The second-order valence-electron chi connectivity index (χ2n) is 8.02. The molecule has 0 unspecified atom stereocenters. The molecule has 31 heavy (non-hydrogen) atoms. The molecule has 0 aliphatic carbocycles. The van der Waals surface area contributed by atoms with Crippen molar-refractivity contribution in [1.29, 1.82) is 0 Å². The summed E-state index contributed by atoms with van der Waals surface area (Å²) < 4.78 is 12.4. The summed E-state index contributed by atoms with van der Waals surface area (Å²) in [5.74, 6) is 1.05. The van der Waals surface area contributed by atoms with Crippen LogP contribution >= 0.6 is 0 Å². The van der Waals surface area contributed by atoms with Crippen molar-refractivity contribution in [3.05, 3.63) is 42.4 Å². The van der Waals surface area contributed by atoms with Crippen molar-refractivity contribution >= 4 is 12.0 Å². The molecule has 2 saturated heterocycles. The highest BCUT2D eigenvalue weighted by Gasteiger charge is 2.33. The first-order valence-electron chi connectivity index (χ1n) is 11.0. The van der Waals surface area contributed by atoms with Gasteiger partial charge in [0.2, 0.25) is 0 Å². The maximum atomic E-state index is 13.5. The van der Waals surface area contributed by atoms with Crippen LogP contribution in [0.2, 0.25) is 0 Å². The summed E-state index contributed by atoms with van der Waals surface area (Å²) in [6.45, 7) is 5.46. The number of ether oxygens (including phenoxy) is 2. The largest absolute Gasteiger partial charge is 0.450 e. The normalized spacial score (nSPS) is 19.4. The van der Waals surface area contributed by atoms with E-state index in [1.807, 2.05) is 42.4 Å². The lowest BCUT2D eigenvalue weighted by molar-refractivity contribution is -0.658. The molecular formula is C22H30N5O4+. The first-order chi connectivity index (χ1) is 15.2. The van der Waals surface area contributed by atoms with Crippen LogP contribution in [0.15, 0.2) is 36.8 Å². The van der Waals surface area contributed by atoms with Crippen LogP contribution in [-0.2, 0) is 9.47 Å². The number of aromatic nitrogens is 3. The van der Waals surface area contributed by atoms with E-state index in [1.54, 1.807) is 15.8 Å². The molecule has 9 heteroatoms. The molecule has 1 atom stereocenters. The van der Waals surface area contributed by atoms with Gasteiger partial charge in [0.25, 0.3) is 5.91 Å². The Morgan fingerprint density at radius 2 is 2.16 bits per heavy atom. The molecule has 0 radical (unpaired) electrons. The number of pyridine rings is 1. The number of rotatable bonds is 6. The van der Waals surface area contributed by atoms with E-state index in [2.05, 4.69) is 10.1 Å². The van der Waals surface area contributed by atoms with E-state index >= 15 is 0 Å². The molecule has 2 aromatic heterocycles. The highest BCUT2D eigenvalue weighted by atomic mass is 16.6.